The summed E-state index contributed by atoms with van der Waals surface area (Å²) in [5.74, 6) is -0.975. The van der Waals surface area contributed by atoms with E-state index in [0.29, 0.717) is 13.2 Å². The van der Waals surface area contributed by atoms with Crippen LogP contribution < -0.4 is 5.73 Å². The molecular weight excluding hydrogens is 207 g/mol. The van der Waals surface area contributed by atoms with Gasteiger partial charge < -0.3 is 10.5 Å². The van der Waals surface area contributed by atoms with E-state index in [2.05, 4.69) is 0 Å². The molecule has 0 aromatic heterocycles. The fourth-order valence-electron chi connectivity index (χ4n) is 2.90. The highest BCUT2D eigenvalue weighted by molar-refractivity contribution is 4.92. The molecule has 88 valence electrons. The van der Waals surface area contributed by atoms with E-state index in [1.54, 1.807) is 0 Å². The third-order valence-corrected chi connectivity index (χ3v) is 3.74. The summed E-state index contributed by atoms with van der Waals surface area (Å²) in [7, 11) is 0. The maximum absolute atomic E-state index is 12.6. The summed E-state index contributed by atoms with van der Waals surface area (Å²) in [6.45, 7) is 0.938. The topological polar surface area (TPSA) is 35.2 Å². The molecule has 0 unspecified atom stereocenters. The highest BCUT2D eigenvalue weighted by atomic mass is 19.4. The summed E-state index contributed by atoms with van der Waals surface area (Å²) < 4.78 is 43.2. The lowest BCUT2D eigenvalue weighted by molar-refractivity contribution is -0.197. The molecule has 0 spiro atoms. The molecule has 1 saturated heterocycles. The molecule has 1 heterocycles. The lowest BCUT2D eigenvalue weighted by Crippen LogP contribution is -2.42. The Kier molecular flexibility index (Phi) is 2.94. The minimum Gasteiger partial charge on any atom is -0.378 e. The summed E-state index contributed by atoms with van der Waals surface area (Å²) in [6.07, 6.45) is -3.12. The van der Waals surface area contributed by atoms with Crippen LogP contribution in [0.4, 0.5) is 13.2 Å². The molecule has 2 nitrogen and oxygen atoms in total. The lowest BCUT2D eigenvalue weighted by atomic mass is 9.72. The first-order valence-electron chi connectivity index (χ1n) is 5.40. The molecule has 0 aromatic rings. The number of hydrogen-bond donors (Lipinski definition) is 1. The van der Waals surface area contributed by atoms with Gasteiger partial charge in [0.25, 0.3) is 0 Å². The van der Waals surface area contributed by atoms with Crippen molar-refractivity contribution >= 4 is 0 Å². The second-order valence-corrected chi connectivity index (χ2v) is 4.57. The van der Waals surface area contributed by atoms with Gasteiger partial charge in [-0.3, -0.25) is 0 Å². The van der Waals surface area contributed by atoms with E-state index >= 15 is 0 Å². The minimum atomic E-state index is -4.09. The Labute approximate surface area is 87.0 Å². The van der Waals surface area contributed by atoms with Crippen molar-refractivity contribution in [1.82, 2.24) is 0 Å². The van der Waals surface area contributed by atoms with Gasteiger partial charge in [-0.2, -0.15) is 13.2 Å². The molecule has 4 atom stereocenters. The molecule has 2 fully saturated rings. The zero-order chi connectivity index (χ0) is 11.1. The van der Waals surface area contributed by atoms with Crippen LogP contribution in [-0.2, 0) is 4.74 Å². The predicted molar refractivity (Wildman–Crippen MR) is 49.2 cm³/mol. The number of nitrogens with two attached hydrogens (primary N) is 1. The van der Waals surface area contributed by atoms with E-state index in [9.17, 15) is 13.2 Å². The molecule has 0 amide bonds. The SMILES string of the molecule is NC[C@@H]1C[C@@H](C(F)(F)F)C[C@@H]2OCC[C@H]12. The molecule has 0 radical (unpaired) electrons. The van der Waals surface area contributed by atoms with Gasteiger partial charge >= 0.3 is 6.18 Å². The van der Waals surface area contributed by atoms with Crippen LogP contribution in [0.5, 0.6) is 0 Å². The first-order valence-corrected chi connectivity index (χ1v) is 5.40. The summed E-state index contributed by atoms with van der Waals surface area (Å²) in [4.78, 5) is 0. The number of hydrogen-bond acceptors (Lipinski definition) is 2. The van der Waals surface area contributed by atoms with E-state index in [1.807, 2.05) is 0 Å². The molecule has 15 heavy (non-hydrogen) atoms. The minimum absolute atomic E-state index is 0.0159. The maximum atomic E-state index is 12.6. The molecular formula is C10H16F3NO. The Morgan fingerprint density at radius 1 is 1.27 bits per heavy atom. The molecule has 0 bridgehead atoms. The van der Waals surface area contributed by atoms with Crippen LogP contribution in [0.3, 0.4) is 0 Å². The summed E-state index contributed by atoms with van der Waals surface area (Å²) >= 11 is 0. The zero-order valence-corrected chi connectivity index (χ0v) is 8.46. The molecule has 2 aliphatic rings. The molecule has 2 N–H and O–H groups in total. The summed E-state index contributed by atoms with van der Waals surface area (Å²) in [6, 6.07) is 0. The highest BCUT2D eigenvalue weighted by Crippen LogP contribution is 2.46. The van der Waals surface area contributed by atoms with Crippen LogP contribution in [0.2, 0.25) is 0 Å². The molecule has 2 rings (SSSR count). The van der Waals surface area contributed by atoms with Crippen LogP contribution in [-0.4, -0.2) is 25.4 Å². The molecule has 1 saturated carbocycles. The molecule has 0 aromatic carbocycles. The van der Waals surface area contributed by atoms with Crippen LogP contribution >= 0.6 is 0 Å². The van der Waals surface area contributed by atoms with E-state index < -0.39 is 12.1 Å². The number of ether oxygens (including phenoxy) is 1. The van der Waals surface area contributed by atoms with E-state index in [-0.39, 0.29) is 30.8 Å². The Morgan fingerprint density at radius 3 is 2.60 bits per heavy atom. The predicted octanol–water partition coefficient (Wildman–Crippen LogP) is 1.94. The summed E-state index contributed by atoms with van der Waals surface area (Å²) in [5, 5.41) is 0. The zero-order valence-electron chi connectivity index (χ0n) is 8.46. The van der Waals surface area contributed by atoms with Crippen molar-refractivity contribution in [2.24, 2.45) is 23.5 Å². The van der Waals surface area contributed by atoms with Crippen molar-refractivity contribution in [3.8, 4) is 0 Å². The van der Waals surface area contributed by atoms with Gasteiger partial charge in [0.15, 0.2) is 0 Å². The van der Waals surface area contributed by atoms with Crippen LogP contribution in [0.25, 0.3) is 0 Å². The standard InChI is InChI=1S/C10H16F3NO/c11-10(12,13)7-3-6(5-14)8-1-2-15-9(8)4-7/h6-9H,1-5,14H2/t6-,7+,8+,9-/m0/s1. The van der Waals surface area contributed by atoms with Crippen LogP contribution in [0.1, 0.15) is 19.3 Å². The van der Waals surface area contributed by atoms with Gasteiger partial charge in [0.2, 0.25) is 0 Å². The largest absolute Gasteiger partial charge is 0.391 e. The highest BCUT2D eigenvalue weighted by Gasteiger charge is 2.49. The third kappa shape index (κ3) is 2.13. The van der Waals surface area contributed by atoms with Crippen LogP contribution in [0.15, 0.2) is 0 Å². The second kappa shape index (κ2) is 3.94. The van der Waals surface area contributed by atoms with Gasteiger partial charge in [-0.15, -0.1) is 0 Å². The average molecular weight is 223 g/mol. The Hall–Kier alpha value is -0.290. The van der Waals surface area contributed by atoms with E-state index in [4.69, 9.17) is 10.5 Å². The van der Waals surface area contributed by atoms with E-state index in [0.717, 1.165) is 6.42 Å². The Morgan fingerprint density at radius 2 is 2.00 bits per heavy atom. The van der Waals surface area contributed by atoms with Crippen molar-refractivity contribution in [2.75, 3.05) is 13.2 Å². The second-order valence-electron chi connectivity index (χ2n) is 4.57. The first-order chi connectivity index (χ1) is 7.02. The lowest BCUT2D eigenvalue weighted by Gasteiger charge is -2.37. The average Bonchev–Trinajstić information content (AvgIpc) is 2.62. The van der Waals surface area contributed by atoms with Gasteiger partial charge in [-0.1, -0.05) is 0 Å². The van der Waals surface area contributed by atoms with Crippen molar-refractivity contribution in [2.45, 2.75) is 31.5 Å². The van der Waals surface area contributed by atoms with E-state index in [1.165, 1.54) is 0 Å². The van der Waals surface area contributed by atoms with Gasteiger partial charge in [0, 0.05) is 6.61 Å². The van der Waals surface area contributed by atoms with Gasteiger partial charge in [0.1, 0.15) is 0 Å². The monoisotopic (exact) mass is 223 g/mol. The van der Waals surface area contributed by atoms with Crippen molar-refractivity contribution in [3.05, 3.63) is 0 Å². The summed E-state index contributed by atoms with van der Waals surface area (Å²) in [5.41, 5.74) is 5.54. The van der Waals surface area contributed by atoms with Gasteiger partial charge in [-0.05, 0) is 37.6 Å². The fraction of sp³-hybridized carbons (Fsp3) is 1.00. The Bertz CT molecular complexity index is 231. The normalized spacial score (nSPS) is 41.6. The Balaban J connectivity index is 2.08. The third-order valence-electron chi connectivity index (χ3n) is 3.74. The van der Waals surface area contributed by atoms with Crippen molar-refractivity contribution in [3.63, 3.8) is 0 Å². The number of alkyl halides is 3. The van der Waals surface area contributed by atoms with Gasteiger partial charge in [-0.25, -0.2) is 0 Å². The van der Waals surface area contributed by atoms with Gasteiger partial charge in [0.05, 0.1) is 12.0 Å². The number of rotatable bonds is 1. The maximum Gasteiger partial charge on any atom is 0.391 e. The number of halogens is 3. The van der Waals surface area contributed by atoms with Crippen molar-refractivity contribution < 1.29 is 17.9 Å². The molecule has 1 aliphatic heterocycles. The first kappa shape index (κ1) is 11.2. The van der Waals surface area contributed by atoms with Crippen LogP contribution in [0, 0.1) is 17.8 Å². The number of fused-ring (bicyclic) bond motifs is 1. The quantitative estimate of drug-likeness (QED) is 0.737. The molecule has 5 heteroatoms. The smallest absolute Gasteiger partial charge is 0.378 e. The fourth-order valence-corrected chi connectivity index (χ4v) is 2.90. The molecule has 1 aliphatic carbocycles. The van der Waals surface area contributed by atoms with Crippen molar-refractivity contribution in [1.29, 1.82) is 0 Å².